The number of amides is 1. The molecular formula is C17H18N4O3S. The van der Waals surface area contributed by atoms with E-state index in [1.165, 1.54) is 18.2 Å². The van der Waals surface area contributed by atoms with E-state index in [4.69, 9.17) is 12.2 Å². The lowest BCUT2D eigenvalue weighted by atomic mass is 10.1. The third-order valence-electron chi connectivity index (χ3n) is 3.81. The van der Waals surface area contributed by atoms with Crippen molar-refractivity contribution in [3.63, 3.8) is 0 Å². The van der Waals surface area contributed by atoms with Crippen molar-refractivity contribution in [1.82, 2.24) is 10.9 Å². The van der Waals surface area contributed by atoms with Gasteiger partial charge in [0.25, 0.3) is 11.6 Å². The van der Waals surface area contributed by atoms with Crippen LogP contribution in [0.1, 0.15) is 27.0 Å². The highest BCUT2D eigenvalue weighted by molar-refractivity contribution is 7.80. The summed E-state index contributed by atoms with van der Waals surface area (Å²) >= 11 is 5.15. The van der Waals surface area contributed by atoms with Crippen LogP contribution >= 0.6 is 12.2 Å². The number of nitrogens with zero attached hydrogens (tertiary/aromatic N) is 1. The molecule has 0 aromatic heterocycles. The van der Waals surface area contributed by atoms with Crippen LogP contribution in [0.25, 0.3) is 0 Å². The molecule has 1 amide bonds. The van der Waals surface area contributed by atoms with Gasteiger partial charge in [0, 0.05) is 22.9 Å². The van der Waals surface area contributed by atoms with E-state index < -0.39 is 10.8 Å². The predicted molar refractivity (Wildman–Crippen MR) is 101 cm³/mol. The first-order valence-electron chi connectivity index (χ1n) is 7.48. The Hall–Kier alpha value is -3.00. The maximum atomic E-state index is 12.1. The van der Waals surface area contributed by atoms with Crippen LogP contribution in [-0.4, -0.2) is 15.9 Å². The van der Waals surface area contributed by atoms with Crippen molar-refractivity contribution in [1.29, 1.82) is 0 Å². The fraction of sp³-hybridized carbons (Fsp3) is 0.176. The molecule has 130 valence electrons. The number of benzene rings is 2. The molecule has 0 saturated heterocycles. The summed E-state index contributed by atoms with van der Waals surface area (Å²) in [7, 11) is 0. The lowest BCUT2D eigenvalue weighted by Gasteiger charge is -2.14. The molecule has 2 aromatic rings. The minimum atomic E-state index is -0.522. The van der Waals surface area contributed by atoms with Crippen LogP contribution in [-0.2, 0) is 0 Å². The van der Waals surface area contributed by atoms with E-state index in [2.05, 4.69) is 16.2 Å². The van der Waals surface area contributed by atoms with Crippen LogP contribution in [0.2, 0.25) is 0 Å². The van der Waals surface area contributed by atoms with Crippen LogP contribution < -0.4 is 16.2 Å². The van der Waals surface area contributed by atoms with E-state index in [0.29, 0.717) is 5.56 Å². The SMILES string of the molecule is Cc1ccc(C(=O)NNC(=S)Nc2cccc(C)c2C)cc1[N+](=O)[O-]. The molecule has 0 fully saturated rings. The molecule has 2 aromatic carbocycles. The summed E-state index contributed by atoms with van der Waals surface area (Å²) in [5.41, 5.74) is 8.55. The lowest BCUT2D eigenvalue weighted by Crippen LogP contribution is -2.43. The Morgan fingerprint density at radius 1 is 1.08 bits per heavy atom. The highest BCUT2D eigenvalue weighted by atomic mass is 32.1. The Balaban J connectivity index is 2.00. The zero-order valence-electron chi connectivity index (χ0n) is 14.0. The van der Waals surface area contributed by atoms with Gasteiger partial charge in [-0.15, -0.1) is 0 Å². The third kappa shape index (κ3) is 4.51. The summed E-state index contributed by atoms with van der Waals surface area (Å²) in [6.07, 6.45) is 0. The number of hydrogen-bond donors (Lipinski definition) is 3. The van der Waals surface area contributed by atoms with E-state index in [-0.39, 0.29) is 16.4 Å². The standard InChI is InChI=1S/C17H18N4O3S/c1-10-5-4-6-14(12(10)3)18-17(25)20-19-16(22)13-8-7-11(2)15(9-13)21(23)24/h4-9H,1-3H3,(H,19,22)(H2,18,20,25). The van der Waals surface area contributed by atoms with Crippen LogP contribution in [0, 0.1) is 30.9 Å². The van der Waals surface area contributed by atoms with Crippen molar-refractivity contribution >= 4 is 34.6 Å². The summed E-state index contributed by atoms with van der Waals surface area (Å²) in [6.45, 7) is 5.56. The van der Waals surface area contributed by atoms with E-state index >= 15 is 0 Å². The van der Waals surface area contributed by atoms with Gasteiger partial charge < -0.3 is 5.32 Å². The van der Waals surface area contributed by atoms with Crippen molar-refractivity contribution in [3.8, 4) is 0 Å². The smallest absolute Gasteiger partial charge is 0.273 e. The van der Waals surface area contributed by atoms with Gasteiger partial charge in [-0.1, -0.05) is 18.2 Å². The van der Waals surface area contributed by atoms with Crippen molar-refractivity contribution in [2.45, 2.75) is 20.8 Å². The first-order valence-corrected chi connectivity index (χ1v) is 7.89. The van der Waals surface area contributed by atoms with Crippen molar-refractivity contribution in [2.24, 2.45) is 0 Å². The van der Waals surface area contributed by atoms with Gasteiger partial charge in [-0.2, -0.15) is 0 Å². The second-order valence-electron chi connectivity index (χ2n) is 5.54. The molecule has 25 heavy (non-hydrogen) atoms. The molecule has 0 saturated carbocycles. The zero-order chi connectivity index (χ0) is 18.6. The number of hydrogen-bond acceptors (Lipinski definition) is 4. The molecule has 0 aliphatic carbocycles. The number of thiocarbonyl (C=S) groups is 1. The van der Waals surface area contributed by atoms with Gasteiger partial charge in [-0.3, -0.25) is 25.8 Å². The third-order valence-corrected chi connectivity index (χ3v) is 4.01. The molecule has 0 atom stereocenters. The van der Waals surface area contributed by atoms with E-state index in [1.807, 2.05) is 32.0 Å². The molecule has 0 radical (unpaired) electrons. The lowest BCUT2D eigenvalue weighted by molar-refractivity contribution is -0.385. The zero-order valence-corrected chi connectivity index (χ0v) is 14.9. The number of hydrazine groups is 1. The average molecular weight is 358 g/mol. The molecule has 7 nitrogen and oxygen atoms in total. The highest BCUT2D eigenvalue weighted by Gasteiger charge is 2.15. The number of carbonyl (C=O) groups is 1. The highest BCUT2D eigenvalue weighted by Crippen LogP contribution is 2.19. The normalized spacial score (nSPS) is 10.0. The Morgan fingerprint density at radius 3 is 2.48 bits per heavy atom. The summed E-state index contributed by atoms with van der Waals surface area (Å²) < 4.78 is 0. The van der Waals surface area contributed by atoms with Gasteiger partial charge in [-0.05, 0) is 56.2 Å². The van der Waals surface area contributed by atoms with Crippen LogP contribution in [0.5, 0.6) is 0 Å². The Morgan fingerprint density at radius 2 is 1.80 bits per heavy atom. The number of nitrogens with one attached hydrogen (secondary N) is 3. The number of rotatable bonds is 3. The van der Waals surface area contributed by atoms with E-state index in [9.17, 15) is 14.9 Å². The predicted octanol–water partition coefficient (Wildman–Crippen LogP) is 3.15. The molecular weight excluding hydrogens is 340 g/mol. The molecule has 0 unspecified atom stereocenters. The van der Waals surface area contributed by atoms with Crippen LogP contribution in [0.3, 0.4) is 0 Å². The first-order chi connectivity index (χ1) is 11.8. The topological polar surface area (TPSA) is 96.3 Å². The summed E-state index contributed by atoms with van der Waals surface area (Å²) in [6, 6.07) is 10.0. The molecule has 8 heteroatoms. The minimum absolute atomic E-state index is 0.108. The van der Waals surface area contributed by atoms with Gasteiger partial charge in [0.05, 0.1) is 4.92 Å². The van der Waals surface area contributed by atoms with Crippen molar-refractivity contribution in [3.05, 3.63) is 68.8 Å². The first kappa shape index (κ1) is 18.3. The van der Waals surface area contributed by atoms with Gasteiger partial charge in [0.2, 0.25) is 0 Å². The molecule has 3 N–H and O–H groups in total. The largest absolute Gasteiger partial charge is 0.331 e. The molecule has 2 rings (SSSR count). The second-order valence-corrected chi connectivity index (χ2v) is 5.95. The van der Waals surface area contributed by atoms with Crippen molar-refractivity contribution < 1.29 is 9.72 Å². The molecule has 0 aliphatic rings. The summed E-state index contributed by atoms with van der Waals surface area (Å²) in [5.74, 6) is -0.520. The molecule has 0 aliphatic heterocycles. The van der Waals surface area contributed by atoms with Gasteiger partial charge in [0.15, 0.2) is 5.11 Å². The minimum Gasteiger partial charge on any atom is -0.331 e. The van der Waals surface area contributed by atoms with Crippen molar-refractivity contribution in [2.75, 3.05) is 5.32 Å². The Labute approximate surface area is 150 Å². The quantitative estimate of drug-likeness (QED) is 0.443. The van der Waals surface area contributed by atoms with Crippen LogP contribution in [0.15, 0.2) is 36.4 Å². The second kappa shape index (κ2) is 7.71. The maximum absolute atomic E-state index is 12.1. The van der Waals surface area contributed by atoms with Gasteiger partial charge in [-0.25, -0.2) is 0 Å². The van der Waals surface area contributed by atoms with E-state index in [0.717, 1.165) is 16.8 Å². The number of nitro groups is 1. The Kier molecular flexibility index (Phi) is 5.66. The molecule has 0 bridgehead atoms. The number of anilines is 1. The van der Waals surface area contributed by atoms with E-state index in [1.54, 1.807) is 6.92 Å². The number of nitro benzene ring substituents is 1. The van der Waals surface area contributed by atoms with Crippen LogP contribution in [0.4, 0.5) is 11.4 Å². The number of carbonyl (C=O) groups excluding carboxylic acids is 1. The average Bonchev–Trinajstić information content (AvgIpc) is 2.57. The van der Waals surface area contributed by atoms with Gasteiger partial charge >= 0.3 is 0 Å². The molecule has 0 heterocycles. The van der Waals surface area contributed by atoms with Gasteiger partial charge in [0.1, 0.15) is 0 Å². The fourth-order valence-electron chi connectivity index (χ4n) is 2.17. The maximum Gasteiger partial charge on any atom is 0.273 e. The fourth-order valence-corrected chi connectivity index (χ4v) is 2.33. The molecule has 0 spiro atoms. The monoisotopic (exact) mass is 358 g/mol. The Bertz CT molecular complexity index is 852. The summed E-state index contributed by atoms with van der Waals surface area (Å²) in [4.78, 5) is 22.6. The summed E-state index contributed by atoms with van der Waals surface area (Å²) in [5, 5.41) is 14.2. The number of aryl methyl sites for hydroxylation is 2.